The van der Waals surface area contributed by atoms with Gasteiger partial charge in [0.2, 0.25) is 0 Å². The van der Waals surface area contributed by atoms with Crippen molar-refractivity contribution in [2.24, 2.45) is 4.99 Å². The highest BCUT2D eigenvalue weighted by Gasteiger charge is 2.13. The molecule has 1 unspecified atom stereocenters. The van der Waals surface area contributed by atoms with Gasteiger partial charge in [0, 0.05) is 15.0 Å². The van der Waals surface area contributed by atoms with E-state index in [4.69, 9.17) is 0 Å². The van der Waals surface area contributed by atoms with E-state index < -0.39 is 0 Å². The molecule has 1 aliphatic heterocycles. The van der Waals surface area contributed by atoms with Crippen LogP contribution in [0.2, 0.25) is 0 Å². The van der Waals surface area contributed by atoms with Gasteiger partial charge in [0.05, 0.1) is 6.04 Å². The molecular weight excluding hydrogens is 331 g/mol. The number of hydrogen-bond acceptors (Lipinski definition) is 3. The number of benzene rings is 1. The molecule has 0 radical (unpaired) electrons. The Kier molecular flexibility index (Phi) is 4.52. The molecule has 0 spiro atoms. The van der Waals surface area contributed by atoms with Crippen LogP contribution in [0.5, 0.6) is 0 Å². The second kappa shape index (κ2) is 5.91. The van der Waals surface area contributed by atoms with Crippen LogP contribution >= 0.6 is 34.4 Å². The number of nitrogens with zero attached hydrogens (tertiary/aromatic N) is 1. The molecule has 16 heavy (non-hydrogen) atoms. The van der Waals surface area contributed by atoms with Crippen molar-refractivity contribution >= 4 is 45.2 Å². The first kappa shape index (κ1) is 12.2. The van der Waals surface area contributed by atoms with Gasteiger partial charge in [-0.15, -0.1) is 0 Å². The highest BCUT2D eigenvalue weighted by Crippen LogP contribution is 2.21. The summed E-state index contributed by atoms with van der Waals surface area (Å²) in [7, 11) is 0. The Morgan fingerprint density at radius 1 is 1.44 bits per heavy atom. The Balaban J connectivity index is 2.03. The largest absolute Gasteiger partial charge is 0.335 e. The number of thioether (sulfide) groups is 1. The fraction of sp³-hybridized carbons (Fsp3) is 0.417. The maximum Gasteiger partial charge on any atom is 0.161 e. The zero-order valence-electron chi connectivity index (χ0n) is 9.24. The number of aliphatic imine (C=N–C) groups is 1. The van der Waals surface area contributed by atoms with Gasteiger partial charge in [0.25, 0.3) is 0 Å². The summed E-state index contributed by atoms with van der Waals surface area (Å²) in [5, 5.41) is 4.45. The number of anilines is 1. The van der Waals surface area contributed by atoms with E-state index in [2.05, 4.69) is 64.1 Å². The number of rotatable bonds is 2. The molecule has 4 heteroatoms. The van der Waals surface area contributed by atoms with E-state index in [0.717, 1.165) is 17.3 Å². The van der Waals surface area contributed by atoms with Crippen LogP contribution in [-0.2, 0) is 0 Å². The number of amidine groups is 1. The van der Waals surface area contributed by atoms with Crippen LogP contribution in [-0.4, -0.2) is 17.0 Å². The lowest BCUT2D eigenvalue weighted by Crippen LogP contribution is -2.19. The van der Waals surface area contributed by atoms with Gasteiger partial charge in [0.15, 0.2) is 5.17 Å². The molecule has 1 aromatic carbocycles. The van der Waals surface area contributed by atoms with Gasteiger partial charge in [-0.3, -0.25) is 4.99 Å². The Morgan fingerprint density at radius 2 is 2.19 bits per heavy atom. The zero-order valence-corrected chi connectivity index (χ0v) is 12.2. The predicted molar refractivity (Wildman–Crippen MR) is 81.4 cm³/mol. The average molecular weight is 346 g/mol. The van der Waals surface area contributed by atoms with Crippen molar-refractivity contribution in [3.05, 3.63) is 27.8 Å². The van der Waals surface area contributed by atoms with Crippen LogP contribution in [0.1, 0.15) is 19.8 Å². The zero-order chi connectivity index (χ0) is 11.4. The van der Waals surface area contributed by atoms with Gasteiger partial charge in [-0.05, 0) is 59.7 Å². The van der Waals surface area contributed by atoms with Crippen molar-refractivity contribution < 1.29 is 0 Å². The third-order valence-electron chi connectivity index (χ3n) is 2.56. The van der Waals surface area contributed by atoms with E-state index in [1.54, 1.807) is 0 Å². The molecular formula is C12H15IN2S. The summed E-state index contributed by atoms with van der Waals surface area (Å²) in [4.78, 5) is 4.68. The molecule has 86 valence electrons. The van der Waals surface area contributed by atoms with Crippen LogP contribution in [0, 0.1) is 3.57 Å². The first-order valence-electron chi connectivity index (χ1n) is 5.51. The molecule has 0 saturated heterocycles. The SMILES string of the molecule is CCC1CCSC(Nc2ccc(I)cc2)=N1. The van der Waals surface area contributed by atoms with Gasteiger partial charge in [-0.25, -0.2) is 0 Å². The molecule has 2 nitrogen and oxygen atoms in total. The molecule has 0 aliphatic carbocycles. The van der Waals surface area contributed by atoms with Crippen molar-refractivity contribution in [2.45, 2.75) is 25.8 Å². The fourth-order valence-corrected chi connectivity index (χ4v) is 2.94. The van der Waals surface area contributed by atoms with E-state index in [9.17, 15) is 0 Å². The molecule has 1 heterocycles. The molecule has 2 rings (SSSR count). The molecule has 0 saturated carbocycles. The first-order valence-corrected chi connectivity index (χ1v) is 7.57. The smallest absolute Gasteiger partial charge is 0.161 e. The molecule has 1 atom stereocenters. The minimum atomic E-state index is 0.507. The van der Waals surface area contributed by atoms with Crippen molar-refractivity contribution in [2.75, 3.05) is 11.1 Å². The van der Waals surface area contributed by atoms with Crippen LogP contribution < -0.4 is 5.32 Å². The molecule has 1 aliphatic rings. The lowest BCUT2D eigenvalue weighted by Gasteiger charge is -2.19. The highest BCUT2D eigenvalue weighted by molar-refractivity contribution is 14.1. The summed E-state index contributed by atoms with van der Waals surface area (Å²) >= 11 is 4.13. The molecule has 0 bridgehead atoms. The van der Waals surface area contributed by atoms with Gasteiger partial charge >= 0.3 is 0 Å². The Hall–Kier alpha value is -0.230. The van der Waals surface area contributed by atoms with Crippen LogP contribution in [0.4, 0.5) is 5.69 Å². The maximum atomic E-state index is 4.68. The quantitative estimate of drug-likeness (QED) is 0.820. The first-order chi connectivity index (χ1) is 7.78. The monoisotopic (exact) mass is 346 g/mol. The number of nitrogens with one attached hydrogen (secondary N) is 1. The summed E-state index contributed by atoms with van der Waals surface area (Å²) in [6.45, 7) is 2.20. The maximum absolute atomic E-state index is 4.68. The van der Waals surface area contributed by atoms with Crippen molar-refractivity contribution in [1.29, 1.82) is 0 Å². The minimum absolute atomic E-state index is 0.507. The topological polar surface area (TPSA) is 24.4 Å². The average Bonchev–Trinajstić information content (AvgIpc) is 2.32. The predicted octanol–water partition coefficient (Wildman–Crippen LogP) is 3.97. The van der Waals surface area contributed by atoms with Gasteiger partial charge in [0.1, 0.15) is 0 Å². The minimum Gasteiger partial charge on any atom is -0.335 e. The van der Waals surface area contributed by atoms with E-state index in [0.29, 0.717) is 6.04 Å². The normalized spacial score (nSPS) is 20.4. The summed E-state index contributed by atoms with van der Waals surface area (Å²) in [5.41, 5.74) is 1.13. The van der Waals surface area contributed by atoms with E-state index in [-0.39, 0.29) is 0 Å². The molecule has 1 aromatic rings. The van der Waals surface area contributed by atoms with Crippen molar-refractivity contribution in [1.82, 2.24) is 0 Å². The van der Waals surface area contributed by atoms with E-state index >= 15 is 0 Å². The summed E-state index contributed by atoms with van der Waals surface area (Å²) in [6.07, 6.45) is 2.34. The van der Waals surface area contributed by atoms with Gasteiger partial charge in [-0.2, -0.15) is 0 Å². The number of hydrogen-bond donors (Lipinski definition) is 1. The molecule has 0 amide bonds. The second-order valence-electron chi connectivity index (χ2n) is 3.77. The van der Waals surface area contributed by atoms with Crippen LogP contribution in [0.15, 0.2) is 29.3 Å². The van der Waals surface area contributed by atoms with E-state index in [1.807, 2.05) is 11.8 Å². The third kappa shape index (κ3) is 3.38. The lowest BCUT2D eigenvalue weighted by molar-refractivity contribution is 0.634. The summed E-state index contributed by atoms with van der Waals surface area (Å²) in [6, 6.07) is 8.91. The van der Waals surface area contributed by atoms with E-state index in [1.165, 1.54) is 15.7 Å². The number of halogens is 1. The molecule has 0 fully saturated rings. The fourth-order valence-electron chi connectivity index (χ4n) is 1.58. The van der Waals surface area contributed by atoms with Crippen LogP contribution in [0.25, 0.3) is 0 Å². The highest BCUT2D eigenvalue weighted by atomic mass is 127. The van der Waals surface area contributed by atoms with Gasteiger partial charge < -0.3 is 5.32 Å². The third-order valence-corrected chi connectivity index (χ3v) is 4.20. The molecule has 1 N–H and O–H groups in total. The standard InChI is InChI=1S/C12H15IN2S/c1-2-10-7-8-16-12(14-10)15-11-5-3-9(13)4-6-11/h3-6,10H,2,7-8H2,1H3,(H,14,15). The second-order valence-corrected chi connectivity index (χ2v) is 6.09. The Bertz CT molecular complexity index is 375. The Morgan fingerprint density at radius 3 is 2.88 bits per heavy atom. The Labute approximate surface area is 114 Å². The van der Waals surface area contributed by atoms with Crippen molar-refractivity contribution in [3.8, 4) is 0 Å². The van der Waals surface area contributed by atoms with Crippen molar-refractivity contribution in [3.63, 3.8) is 0 Å². The summed E-state index contributed by atoms with van der Waals surface area (Å²) in [5.74, 6) is 1.18. The summed E-state index contributed by atoms with van der Waals surface area (Å²) < 4.78 is 1.26. The lowest BCUT2D eigenvalue weighted by atomic mass is 10.2. The molecule has 0 aromatic heterocycles. The van der Waals surface area contributed by atoms with Crippen LogP contribution in [0.3, 0.4) is 0 Å². The van der Waals surface area contributed by atoms with Gasteiger partial charge in [-0.1, -0.05) is 18.7 Å².